The normalized spacial score (nSPS) is 21.6. The maximum absolute atomic E-state index is 12.1. The van der Waals surface area contributed by atoms with Crippen molar-refractivity contribution in [3.8, 4) is 0 Å². The Morgan fingerprint density at radius 3 is 2.26 bits per heavy atom. The van der Waals surface area contributed by atoms with Crippen LogP contribution in [0.4, 0.5) is 17.1 Å². The first-order valence-corrected chi connectivity index (χ1v) is 11.3. The highest BCUT2D eigenvalue weighted by Crippen LogP contribution is 2.46. The van der Waals surface area contributed by atoms with E-state index in [0.29, 0.717) is 18.5 Å². The van der Waals surface area contributed by atoms with Gasteiger partial charge in [-0.3, -0.25) is 9.59 Å². The molecule has 5 rings (SSSR count). The molecule has 2 amide bonds. The van der Waals surface area contributed by atoms with E-state index in [1.54, 1.807) is 0 Å². The number of hydrogen-bond acceptors (Lipinski definition) is 4. The minimum atomic E-state index is -0.253. The highest BCUT2D eigenvalue weighted by Gasteiger charge is 2.44. The number of anilines is 3. The molecule has 0 bridgehead atoms. The summed E-state index contributed by atoms with van der Waals surface area (Å²) >= 11 is 0. The molecule has 2 heterocycles. The molecule has 162 valence electrons. The lowest BCUT2D eigenvalue weighted by molar-refractivity contribution is -0.126. The minimum absolute atomic E-state index is 0.0498. The molecule has 1 saturated carbocycles. The third kappa shape index (κ3) is 4.38. The number of amides is 2. The van der Waals surface area contributed by atoms with E-state index in [-0.39, 0.29) is 24.2 Å². The first-order valence-electron chi connectivity index (χ1n) is 11.3. The maximum atomic E-state index is 12.1. The van der Waals surface area contributed by atoms with E-state index in [2.05, 4.69) is 45.1 Å². The Morgan fingerprint density at radius 2 is 1.65 bits per heavy atom. The number of hydrogen-bond donors (Lipinski definition) is 3. The Hall–Kier alpha value is -3.02. The quantitative estimate of drug-likeness (QED) is 0.671. The molecular weight excluding hydrogens is 388 g/mol. The van der Waals surface area contributed by atoms with Gasteiger partial charge in [-0.15, -0.1) is 0 Å². The summed E-state index contributed by atoms with van der Waals surface area (Å²) < 4.78 is 0. The smallest absolute Gasteiger partial charge is 0.225 e. The lowest BCUT2D eigenvalue weighted by Crippen LogP contribution is -2.55. The fourth-order valence-electron chi connectivity index (χ4n) is 5.14. The fraction of sp³-hybridized carbons (Fsp3) is 0.440. The number of benzene rings is 2. The lowest BCUT2D eigenvalue weighted by Gasteiger charge is -2.49. The molecule has 6 heteroatoms. The standard InChI is InChI=1S/C25H30N4O2/c30-23-13-19(15-26-23)24(31)27-14-18-3-5-20(6-4-18)28-21-7-9-22(10-8-21)29-16-25(17-29)11-1-2-12-25/h3-10,19,28H,1-2,11-17H2,(H,26,30)(H,27,31). The highest BCUT2D eigenvalue weighted by atomic mass is 16.2. The van der Waals surface area contributed by atoms with E-state index in [4.69, 9.17) is 0 Å². The van der Waals surface area contributed by atoms with Gasteiger partial charge in [-0.1, -0.05) is 25.0 Å². The molecule has 1 spiro atoms. The molecule has 1 aliphatic carbocycles. The second-order valence-electron chi connectivity index (χ2n) is 9.35. The van der Waals surface area contributed by atoms with Crippen molar-refractivity contribution in [1.82, 2.24) is 10.6 Å². The van der Waals surface area contributed by atoms with Crippen LogP contribution in [0.3, 0.4) is 0 Å². The van der Waals surface area contributed by atoms with Gasteiger partial charge in [0.25, 0.3) is 0 Å². The number of nitrogens with zero attached hydrogens (tertiary/aromatic N) is 1. The summed E-state index contributed by atoms with van der Waals surface area (Å²) in [6, 6.07) is 16.8. The van der Waals surface area contributed by atoms with Crippen LogP contribution in [0.5, 0.6) is 0 Å². The van der Waals surface area contributed by atoms with E-state index >= 15 is 0 Å². The van der Waals surface area contributed by atoms with Gasteiger partial charge >= 0.3 is 0 Å². The van der Waals surface area contributed by atoms with Gasteiger partial charge in [-0.05, 0) is 54.8 Å². The molecule has 2 aliphatic heterocycles. The first-order chi connectivity index (χ1) is 15.1. The largest absolute Gasteiger partial charge is 0.370 e. The summed E-state index contributed by atoms with van der Waals surface area (Å²) in [4.78, 5) is 25.9. The lowest BCUT2D eigenvalue weighted by atomic mass is 9.78. The van der Waals surface area contributed by atoms with Crippen molar-refractivity contribution in [2.45, 2.75) is 38.6 Å². The molecule has 0 radical (unpaired) electrons. The number of nitrogens with one attached hydrogen (secondary N) is 3. The van der Waals surface area contributed by atoms with Gasteiger partial charge in [-0.2, -0.15) is 0 Å². The van der Waals surface area contributed by atoms with Crippen molar-refractivity contribution in [2.75, 3.05) is 29.9 Å². The Balaban J connectivity index is 1.10. The molecule has 3 N–H and O–H groups in total. The fourth-order valence-corrected chi connectivity index (χ4v) is 5.14. The van der Waals surface area contributed by atoms with E-state index in [1.165, 1.54) is 44.5 Å². The van der Waals surface area contributed by atoms with Crippen LogP contribution in [0, 0.1) is 11.3 Å². The van der Waals surface area contributed by atoms with E-state index < -0.39 is 0 Å². The van der Waals surface area contributed by atoms with Crippen LogP contribution < -0.4 is 20.9 Å². The predicted molar refractivity (Wildman–Crippen MR) is 122 cm³/mol. The second-order valence-corrected chi connectivity index (χ2v) is 9.35. The van der Waals surface area contributed by atoms with E-state index in [9.17, 15) is 9.59 Å². The van der Waals surface area contributed by atoms with Crippen LogP contribution in [0.1, 0.15) is 37.7 Å². The van der Waals surface area contributed by atoms with Gasteiger partial charge in [-0.25, -0.2) is 0 Å². The van der Waals surface area contributed by atoms with Crippen molar-refractivity contribution >= 4 is 28.9 Å². The summed E-state index contributed by atoms with van der Waals surface area (Å²) in [7, 11) is 0. The predicted octanol–water partition coefficient (Wildman–Crippen LogP) is 3.56. The van der Waals surface area contributed by atoms with Gasteiger partial charge in [0, 0.05) is 55.1 Å². The molecule has 2 aromatic rings. The summed E-state index contributed by atoms with van der Waals surface area (Å²) in [5, 5.41) is 9.06. The summed E-state index contributed by atoms with van der Waals surface area (Å²) in [5.41, 5.74) is 5.05. The average Bonchev–Trinajstić information content (AvgIpc) is 3.42. The Labute approximate surface area is 183 Å². The highest BCUT2D eigenvalue weighted by molar-refractivity contribution is 5.89. The second kappa shape index (κ2) is 8.25. The van der Waals surface area contributed by atoms with Crippen molar-refractivity contribution in [3.05, 3.63) is 54.1 Å². The van der Waals surface area contributed by atoms with Crippen molar-refractivity contribution in [1.29, 1.82) is 0 Å². The SMILES string of the molecule is O=C1CC(C(=O)NCc2ccc(Nc3ccc(N4CC5(CCCC5)C4)cc3)cc2)CN1. The third-order valence-corrected chi connectivity index (χ3v) is 7.01. The van der Waals surface area contributed by atoms with Crippen LogP contribution in [0.25, 0.3) is 0 Å². The van der Waals surface area contributed by atoms with Crippen LogP contribution in [0.15, 0.2) is 48.5 Å². The topological polar surface area (TPSA) is 73.5 Å². The van der Waals surface area contributed by atoms with Crippen molar-refractivity contribution in [3.63, 3.8) is 0 Å². The van der Waals surface area contributed by atoms with Gasteiger partial charge < -0.3 is 20.9 Å². The molecule has 3 aliphatic rings. The summed E-state index contributed by atoms with van der Waals surface area (Å²) in [6.45, 7) is 3.33. The third-order valence-electron chi connectivity index (χ3n) is 7.01. The number of carbonyl (C=O) groups is 2. The zero-order valence-electron chi connectivity index (χ0n) is 17.8. The molecule has 0 aromatic heterocycles. The van der Waals surface area contributed by atoms with Gasteiger partial charge in [0.05, 0.1) is 5.92 Å². The van der Waals surface area contributed by atoms with Gasteiger partial charge in [0.15, 0.2) is 0 Å². The first kappa shape index (κ1) is 19.9. The van der Waals surface area contributed by atoms with Crippen molar-refractivity contribution < 1.29 is 9.59 Å². The minimum Gasteiger partial charge on any atom is -0.370 e. The monoisotopic (exact) mass is 418 g/mol. The van der Waals surface area contributed by atoms with Crippen molar-refractivity contribution in [2.24, 2.45) is 11.3 Å². The molecule has 1 atom stereocenters. The van der Waals surface area contributed by atoms with Crippen LogP contribution in [0.2, 0.25) is 0 Å². The Kier molecular flexibility index (Phi) is 5.30. The van der Waals surface area contributed by atoms with E-state index in [0.717, 1.165) is 16.9 Å². The molecule has 3 fully saturated rings. The van der Waals surface area contributed by atoms with Crippen LogP contribution in [-0.2, 0) is 16.1 Å². The molecular formula is C25H30N4O2. The van der Waals surface area contributed by atoms with Gasteiger partial charge in [0.2, 0.25) is 11.8 Å². The average molecular weight is 419 g/mol. The molecule has 2 saturated heterocycles. The molecule has 1 unspecified atom stereocenters. The van der Waals surface area contributed by atoms with Crippen LogP contribution >= 0.6 is 0 Å². The maximum Gasteiger partial charge on any atom is 0.225 e. The van der Waals surface area contributed by atoms with E-state index in [1.807, 2.05) is 24.3 Å². The zero-order chi connectivity index (χ0) is 21.3. The summed E-state index contributed by atoms with van der Waals surface area (Å²) in [5.74, 6) is -0.371. The number of rotatable bonds is 6. The Morgan fingerprint density at radius 1 is 1.00 bits per heavy atom. The molecule has 31 heavy (non-hydrogen) atoms. The van der Waals surface area contributed by atoms with Gasteiger partial charge in [0.1, 0.15) is 0 Å². The van der Waals surface area contributed by atoms with Crippen LogP contribution in [-0.4, -0.2) is 31.4 Å². The number of carbonyl (C=O) groups excluding carboxylic acids is 2. The Bertz CT molecular complexity index is 940. The molecule has 6 nitrogen and oxygen atoms in total. The zero-order valence-corrected chi connectivity index (χ0v) is 17.8. The summed E-state index contributed by atoms with van der Waals surface area (Å²) in [6.07, 6.45) is 5.90. The molecule has 2 aromatic carbocycles.